The van der Waals surface area contributed by atoms with Gasteiger partial charge in [0, 0.05) is 25.0 Å². The van der Waals surface area contributed by atoms with Crippen LogP contribution in [0.25, 0.3) is 0 Å². The molecular weight excluding hydrogens is 198 g/mol. The molecule has 3 heteroatoms. The van der Waals surface area contributed by atoms with Crippen molar-refractivity contribution in [2.45, 2.75) is 45.7 Å². The van der Waals surface area contributed by atoms with Crippen molar-refractivity contribution in [1.29, 1.82) is 0 Å². The van der Waals surface area contributed by atoms with Crippen LogP contribution < -0.4 is 5.32 Å². The number of aromatic nitrogens is 2. The summed E-state index contributed by atoms with van der Waals surface area (Å²) in [6.07, 6.45) is 7.95. The summed E-state index contributed by atoms with van der Waals surface area (Å²) >= 11 is 0. The Balaban J connectivity index is 1.69. The monoisotopic (exact) mass is 221 g/mol. The Morgan fingerprint density at radius 3 is 2.94 bits per heavy atom. The molecule has 3 atom stereocenters. The molecule has 16 heavy (non-hydrogen) atoms. The lowest BCUT2D eigenvalue weighted by atomic mass is 9.80. The van der Waals surface area contributed by atoms with Crippen LogP contribution in [0.3, 0.4) is 0 Å². The highest BCUT2D eigenvalue weighted by Gasteiger charge is 2.24. The maximum atomic E-state index is 4.21. The Labute approximate surface area is 98.2 Å². The first-order valence-corrected chi connectivity index (χ1v) is 6.46. The van der Waals surface area contributed by atoms with Crippen molar-refractivity contribution in [2.75, 3.05) is 6.54 Å². The fourth-order valence-electron chi connectivity index (χ4n) is 2.77. The van der Waals surface area contributed by atoms with Gasteiger partial charge in [0.25, 0.3) is 0 Å². The van der Waals surface area contributed by atoms with Crippen LogP contribution in [-0.4, -0.2) is 22.4 Å². The Morgan fingerprint density at radius 2 is 2.25 bits per heavy atom. The topological polar surface area (TPSA) is 29.9 Å². The van der Waals surface area contributed by atoms with Crippen LogP contribution in [0.2, 0.25) is 0 Å². The molecule has 0 aromatic carbocycles. The molecule has 1 aliphatic carbocycles. The lowest BCUT2D eigenvalue weighted by Gasteiger charge is -2.33. The lowest BCUT2D eigenvalue weighted by Crippen LogP contribution is -2.40. The van der Waals surface area contributed by atoms with Crippen molar-refractivity contribution in [3.05, 3.63) is 18.5 Å². The van der Waals surface area contributed by atoms with Crippen molar-refractivity contribution < 1.29 is 0 Å². The number of nitrogens with one attached hydrogen (secondary N) is 1. The summed E-state index contributed by atoms with van der Waals surface area (Å²) in [7, 11) is 0. The van der Waals surface area contributed by atoms with Gasteiger partial charge in [0.05, 0.1) is 6.54 Å². The summed E-state index contributed by atoms with van der Waals surface area (Å²) in [6, 6.07) is 2.69. The first-order valence-electron chi connectivity index (χ1n) is 6.46. The Morgan fingerprint density at radius 1 is 1.38 bits per heavy atom. The molecule has 2 rings (SSSR count). The second kappa shape index (κ2) is 5.48. The third kappa shape index (κ3) is 3.08. The second-order valence-electron chi connectivity index (χ2n) is 5.23. The van der Waals surface area contributed by atoms with Gasteiger partial charge in [-0.05, 0) is 37.2 Å². The Kier molecular flexibility index (Phi) is 3.99. The highest BCUT2D eigenvalue weighted by molar-refractivity contribution is 4.82. The van der Waals surface area contributed by atoms with Crippen molar-refractivity contribution in [1.82, 2.24) is 15.1 Å². The minimum atomic E-state index is 0.715. The van der Waals surface area contributed by atoms with Gasteiger partial charge in [-0.1, -0.05) is 13.8 Å². The van der Waals surface area contributed by atoms with Crippen LogP contribution >= 0.6 is 0 Å². The zero-order valence-corrected chi connectivity index (χ0v) is 10.4. The van der Waals surface area contributed by atoms with E-state index in [1.807, 2.05) is 23.1 Å². The third-order valence-electron chi connectivity index (χ3n) is 3.74. The van der Waals surface area contributed by atoms with E-state index in [0.29, 0.717) is 6.04 Å². The molecule has 0 spiro atoms. The highest BCUT2D eigenvalue weighted by Crippen LogP contribution is 2.28. The van der Waals surface area contributed by atoms with Crippen LogP contribution in [0.15, 0.2) is 18.5 Å². The molecular formula is C13H23N3. The van der Waals surface area contributed by atoms with Crippen LogP contribution in [-0.2, 0) is 6.54 Å². The van der Waals surface area contributed by atoms with Gasteiger partial charge in [-0.3, -0.25) is 4.68 Å². The van der Waals surface area contributed by atoms with E-state index in [4.69, 9.17) is 0 Å². The standard InChI is InChI=1S/C13H23N3/c1-11-4-5-13(12(2)10-11)14-7-9-16-8-3-6-15-16/h3,6,8,11-14H,4-5,7,9-10H2,1-2H3. The number of hydrogen-bond acceptors (Lipinski definition) is 2. The molecule has 0 amide bonds. The maximum absolute atomic E-state index is 4.21. The molecule has 0 aliphatic heterocycles. The van der Waals surface area contributed by atoms with E-state index in [0.717, 1.165) is 24.9 Å². The van der Waals surface area contributed by atoms with Gasteiger partial charge in [0.2, 0.25) is 0 Å². The summed E-state index contributed by atoms with van der Waals surface area (Å²) in [5.74, 6) is 1.74. The molecule has 1 heterocycles. The largest absolute Gasteiger partial charge is 0.312 e. The van der Waals surface area contributed by atoms with E-state index in [1.54, 1.807) is 0 Å². The first kappa shape index (κ1) is 11.6. The van der Waals surface area contributed by atoms with Gasteiger partial charge in [-0.25, -0.2) is 0 Å². The molecule has 0 saturated heterocycles. The average Bonchev–Trinajstić information content (AvgIpc) is 2.74. The molecule has 1 fully saturated rings. The molecule has 0 radical (unpaired) electrons. The molecule has 3 unspecified atom stereocenters. The van der Waals surface area contributed by atoms with E-state index >= 15 is 0 Å². The van der Waals surface area contributed by atoms with Crippen molar-refractivity contribution >= 4 is 0 Å². The average molecular weight is 221 g/mol. The van der Waals surface area contributed by atoms with Gasteiger partial charge in [-0.15, -0.1) is 0 Å². The number of rotatable bonds is 4. The van der Waals surface area contributed by atoms with Crippen LogP contribution in [0.5, 0.6) is 0 Å². The van der Waals surface area contributed by atoms with Crippen molar-refractivity contribution in [3.63, 3.8) is 0 Å². The van der Waals surface area contributed by atoms with Gasteiger partial charge in [0.15, 0.2) is 0 Å². The fraction of sp³-hybridized carbons (Fsp3) is 0.769. The first-order chi connectivity index (χ1) is 7.75. The van der Waals surface area contributed by atoms with E-state index in [9.17, 15) is 0 Å². The predicted molar refractivity (Wildman–Crippen MR) is 66.2 cm³/mol. The molecule has 1 aromatic rings. The van der Waals surface area contributed by atoms with E-state index in [1.165, 1.54) is 19.3 Å². The second-order valence-corrected chi connectivity index (χ2v) is 5.23. The molecule has 0 bridgehead atoms. The van der Waals surface area contributed by atoms with Crippen molar-refractivity contribution in [3.8, 4) is 0 Å². The van der Waals surface area contributed by atoms with Gasteiger partial charge in [0.1, 0.15) is 0 Å². The highest BCUT2D eigenvalue weighted by atomic mass is 15.3. The zero-order valence-electron chi connectivity index (χ0n) is 10.4. The molecule has 1 aromatic heterocycles. The lowest BCUT2D eigenvalue weighted by molar-refractivity contribution is 0.226. The summed E-state index contributed by atoms with van der Waals surface area (Å²) in [5, 5.41) is 7.88. The van der Waals surface area contributed by atoms with Crippen LogP contribution in [0, 0.1) is 11.8 Å². The minimum absolute atomic E-state index is 0.715. The Bertz CT molecular complexity index is 294. The molecule has 90 valence electrons. The summed E-state index contributed by atoms with van der Waals surface area (Å²) in [6.45, 7) is 6.76. The smallest absolute Gasteiger partial charge is 0.0534 e. The number of nitrogens with zero attached hydrogens (tertiary/aromatic N) is 2. The minimum Gasteiger partial charge on any atom is -0.312 e. The zero-order chi connectivity index (χ0) is 11.4. The maximum Gasteiger partial charge on any atom is 0.0534 e. The molecule has 1 N–H and O–H groups in total. The SMILES string of the molecule is CC1CCC(NCCn2cccn2)C(C)C1. The van der Waals surface area contributed by atoms with Gasteiger partial charge in [-0.2, -0.15) is 5.10 Å². The predicted octanol–water partition coefficient (Wildman–Crippen LogP) is 2.30. The summed E-state index contributed by atoms with van der Waals surface area (Å²) < 4.78 is 1.99. The Hall–Kier alpha value is -0.830. The molecule has 3 nitrogen and oxygen atoms in total. The van der Waals surface area contributed by atoms with Crippen LogP contribution in [0.4, 0.5) is 0 Å². The quantitative estimate of drug-likeness (QED) is 0.845. The summed E-state index contributed by atoms with van der Waals surface area (Å²) in [4.78, 5) is 0. The molecule has 1 aliphatic rings. The fourth-order valence-corrected chi connectivity index (χ4v) is 2.77. The number of hydrogen-bond donors (Lipinski definition) is 1. The van der Waals surface area contributed by atoms with Gasteiger partial charge < -0.3 is 5.32 Å². The van der Waals surface area contributed by atoms with E-state index in [2.05, 4.69) is 24.3 Å². The van der Waals surface area contributed by atoms with Crippen molar-refractivity contribution in [2.24, 2.45) is 11.8 Å². The van der Waals surface area contributed by atoms with Crippen LogP contribution in [0.1, 0.15) is 33.1 Å². The summed E-state index contributed by atoms with van der Waals surface area (Å²) in [5.41, 5.74) is 0. The molecule has 1 saturated carbocycles. The van der Waals surface area contributed by atoms with E-state index < -0.39 is 0 Å². The van der Waals surface area contributed by atoms with Gasteiger partial charge >= 0.3 is 0 Å². The normalized spacial score (nSPS) is 30.5. The van der Waals surface area contributed by atoms with E-state index in [-0.39, 0.29) is 0 Å². The third-order valence-corrected chi connectivity index (χ3v) is 3.74.